The lowest BCUT2D eigenvalue weighted by atomic mass is 10.1. The fourth-order valence-electron chi connectivity index (χ4n) is 1.45. The summed E-state index contributed by atoms with van der Waals surface area (Å²) in [6.07, 6.45) is 2.73. The monoisotopic (exact) mass is 301 g/mol. The highest BCUT2D eigenvalue weighted by molar-refractivity contribution is 5.67. The van der Waals surface area contributed by atoms with Crippen molar-refractivity contribution in [2.75, 3.05) is 6.54 Å². The molecule has 1 aromatic rings. The summed E-state index contributed by atoms with van der Waals surface area (Å²) in [5.74, 6) is -3.18. The number of carbonyl (C=O) groups excluding carboxylic acids is 1. The van der Waals surface area contributed by atoms with Crippen LogP contribution in [0.2, 0.25) is 0 Å². The summed E-state index contributed by atoms with van der Waals surface area (Å²) in [5, 5.41) is 2.52. The molecule has 0 aromatic heterocycles. The van der Waals surface area contributed by atoms with E-state index < -0.39 is 29.1 Å². The van der Waals surface area contributed by atoms with E-state index >= 15 is 0 Å². The number of alkyl carbamates (subject to hydrolysis) is 1. The van der Waals surface area contributed by atoms with E-state index in [1.807, 2.05) is 0 Å². The molecule has 0 atom stereocenters. The van der Waals surface area contributed by atoms with Gasteiger partial charge in [0, 0.05) is 18.2 Å². The van der Waals surface area contributed by atoms with Gasteiger partial charge in [0.25, 0.3) is 0 Å². The molecule has 6 heteroatoms. The van der Waals surface area contributed by atoms with Crippen molar-refractivity contribution in [1.29, 1.82) is 0 Å². The molecule has 0 fully saturated rings. The van der Waals surface area contributed by atoms with E-state index in [1.54, 1.807) is 26.8 Å². The summed E-state index contributed by atoms with van der Waals surface area (Å²) >= 11 is 0. The maximum Gasteiger partial charge on any atom is 0.407 e. The topological polar surface area (TPSA) is 38.3 Å². The molecule has 3 nitrogen and oxygen atoms in total. The number of benzene rings is 1. The van der Waals surface area contributed by atoms with Crippen molar-refractivity contribution in [3.8, 4) is 0 Å². The first kappa shape index (κ1) is 17.1. The minimum absolute atomic E-state index is 0.0498. The fraction of sp³-hybridized carbons (Fsp3) is 0.400. The van der Waals surface area contributed by atoms with Gasteiger partial charge in [-0.25, -0.2) is 18.0 Å². The maximum atomic E-state index is 13.3. The highest BCUT2D eigenvalue weighted by atomic mass is 19.2. The van der Waals surface area contributed by atoms with E-state index in [1.165, 1.54) is 6.08 Å². The summed E-state index contributed by atoms with van der Waals surface area (Å²) in [4.78, 5) is 11.3. The van der Waals surface area contributed by atoms with Crippen LogP contribution in [0.1, 0.15) is 32.8 Å². The van der Waals surface area contributed by atoms with Crippen molar-refractivity contribution in [1.82, 2.24) is 5.32 Å². The van der Waals surface area contributed by atoms with Crippen LogP contribution in [0.15, 0.2) is 18.2 Å². The van der Waals surface area contributed by atoms with Gasteiger partial charge in [0.05, 0.1) is 0 Å². The third kappa shape index (κ3) is 6.33. The molecule has 0 radical (unpaired) electrons. The van der Waals surface area contributed by atoms with Crippen molar-refractivity contribution in [3.05, 3.63) is 41.2 Å². The second-order valence-corrected chi connectivity index (χ2v) is 5.41. The first-order valence-electron chi connectivity index (χ1n) is 6.47. The molecule has 1 aromatic carbocycles. The third-order valence-corrected chi connectivity index (χ3v) is 2.32. The third-order valence-electron chi connectivity index (χ3n) is 2.32. The van der Waals surface area contributed by atoms with E-state index in [9.17, 15) is 18.0 Å². The van der Waals surface area contributed by atoms with Gasteiger partial charge in [-0.2, -0.15) is 0 Å². The second kappa shape index (κ2) is 7.15. The van der Waals surface area contributed by atoms with Crippen LogP contribution in [0.5, 0.6) is 0 Å². The van der Waals surface area contributed by atoms with Crippen LogP contribution < -0.4 is 5.32 Å². The Kier molecular flexibility index (Phi) is 5.81. The lowest BCUT2D eigenvalue weighted by molar-refractivity contribution is 0.0529. The van der Waals surface area contributed by atoms with Crippen LogP contribution in [0.3, 0.4) is 0 Å². The van der Waals surface area contributed by atoms with E-state index in [0.717, 1.165) is 6.07 Å². The van der Waals surface area contributed by atoms with Crippen LogP contribution in [0.25, 0.3) is 6.08 Å². The van der Waals surface area contributed by atoms with Gasteiger partial charge in [-0.3, -0.25) is 0 Å². The van der Waals surface area contributed by atoms with Crippen LogP contribution >= 0.6 is 0 Å². The van der Waals surface area contributed by atoms with Crippen LogP contribution in [0, 0.1) is 17.5 Å². The van der Waals surface area contributed by atoms with Crippen molar-refractivity contribution in [3.63, 3.8) is 0 Å². The average Bonchev–Trinajstić information content (AvgIpc) is 2.32. The molecule has 21 heavy (non-hydrogen) atoms. The molecule has 1 rings (SSSR count). The Morgan fingerprint density at radius 2 is 1.81 bits per heavy atom. The average molecular weight is 301 g/mol. The zero-order valence-corrected chi connectivity index (χ0v) is 12.2. The number of hydrogen-bond acceptors (Lipinski definition) is 2. The normalized spacial score (nSPS) is 11.7. The molecule has 0 aliphatic rings. The summed E-state index contributed by atoms with van der Waals surface area (Å²) in [6, 6.07) is 1.27. The molecule has 1 N–H and O–H groups in total. The number of amides is 1. The standard InChI is InChI=1S/C15H18F3NO2/c1-15(2,3)21-14(20)19-7-5-4-6-10-8-12(17)13(18)9-11(10)16/h4,6,8-9H,5,7H2,1-3H3,(H,19,20). The molecular weight excluding hydrogens is 283 g/mol. The fourth-order valence-corrected chi connectivity index (χ4v) is 1.45. The Bertz CT molecular complexity index is 536. The number of rotatable bonds is 4. The van der Waals surface area contributed by atoms with Gasteiger partial charge in [0.2, 0.25) is 0 Å². The lowest BCUT2D eigenvalue weighted by Crippen LogP contribution is -2.32. The first-order chi connectivity index (χ1) is 9.69. The lowest BCUT2D eigenvalue weighted by Gasteiger charge is -2.19. The van der Waals surface area contributed by atoms with Crippen molar-refractivity contribution in [2.24, 2.45) is 0 Å². The quantitative estimate of drug-likeness (QED) is 0.673. The zero-order valence-electron chi connectivity index (χ0n) is 12.2. The maximum absolute atomic E-state index is 13.3. The smallest absolute Gasteiger partial charge is 0.407 e. The molecule has 0 unspecified atom stereocenters. The Balaban J connectivity index is 2.43. The zero-order chi connectivity index (χ0) is 16.0. The Hall–Kier alpha value is -1.98. The van der Waals surface area contributed by atoms with Gasteiger partial charge >= 0.3 is 6.09 Å². The molecule has 0 saturated carbocycles. The number of carbonyl (C=O) groups is 1. The van der Waals surface area contributed by atoms with E-state index in [0.29, 0.717) is 12.5 Å². The summed E-state index contributed by atoms with van der Waals surface area (Å²) in [5.41, 5.74) is -0.625. The van der Waals surface area contributed by atoms with Crippen LogP contribution in [-0.4, -0.2) is 18.2 Å². The minimum Gasteiger partial charge on any atom is -0.444 e. The summed E-state index contributed by atoms with van der Waals surface area (Å²) in [7, 11) is 0. The predicted molar refractivity (Wildman–Crippen MR) is 74.2 cm³/mol. The van der Waals surface area contributed by atoms with Gasteiger partial charge in [-0.15, -0.1) is 0 Å². The highest BCUT2D eigenvalue weighted by Gasteiger charge is 2.15. The molecule has 0 aliphatic heterocycles. The largest absolute Gasteiger partial charge is 0.444 e. The number of nitrogens with one attached hydrogen (secondary N) is 1. The Labute approximate surface area is 121 Å². The van der Waals surface area contributed by atoms with E-state index in [-0.39, 0.29) is 12.1 Å². The highest BCUT2D eigenvalue weighted by Crippen LogP contribution is 2.15. The van der Waals surface area contributed by atoms with Gasteiger partial charge in [-0.05, 0) is 33.3 Å². The molecule has 0 aliphatic carbocycles. The second-order valence-electron chi connectivity index (χ2n) is 5.41. The molecule has 1 amide bonds. The van der Waals surface area contributed by atoms with Gasteiger partial charge in [0.15, 0.2) is 11.6 Å². The molecular formula is C15H18F3NO2. The first-order valence-corrected chi connectivity index (χ1v) is 6.47. The van der Waals surface area contributed by atoms with Gasteiger partial charge in [-0.1, -0.05) is 12.2 Å². The van der Waals surface area contributed by atoms with Crippen LogP contribution in [0.4, 0.5) is 18.0 Å². The predicted octanol–water partition coefficient (Wildman–Crippen LogP) is 4.03. The van der Waals surface area contributed by atoms with Crippen molar-refractivity contribution >= 4 is 12.2 Å². The molecule has 0 bridgehead atoms. The summed E-state index contributed by atoms with van der Waals surface area (Å²) < 4.78 is 44.0. The van der Waals surface area contributed by atoms with Gasteiger partial charge in [0.1, 0.15) is 11.4 Å². The SMILES string of the molecule is CC(C)(C)OC(=O)NCCC=Cc1cc(F)c(F)cc1F. The molecule has 0 spiro atoms. The minimum atomic E-state index is -1.23. The number of halogens is 3. The van der Waals surface area contributed by atoms with Crippen molar-refractivity contribution in [2.45, 2.75) is 32.8 Å². The molecule has 0 saturated heterocycles. The van der Waals surface area contributed by atoms with E-state index in [4.69, 9.17) is 4.74 Å². The molecule has 116 valence electrons. The Morgan fingerprint density at radius 1 is 1.19 bits per heavy atom. The van der Waals surface area contributed by atoms with E-state index in [2.05, 4.69) is 5.32 Å². The van der Waals surface area contributed by atoms with Crippen LogP contribution in [-0.2, 0) is 4.74 Å². The Morgan fingerprint density at radius 3 is 2.43 bits per heavy atom. The summed E-state index contributed by atoms with van der Waals surface area (Å²) in [6.45, 7) is 5.53. The van der Waals surface area contributed by atoms with Gasteiger partial charge < -0.3 is 10.1 Å². The van der Waals surface area contributed by atoms with Crippen molar-refractivity contribution < 1.29 is 22.7 Å². The molecule has 0 heterocycles. The number of ether oxygens (including phenoxy) is 1. The number of hydrogen-bond donors (Lipinski definition) is 1.